The summed E-state index contributed by atoms with van der Waals surface area (Å²) in [5.41, 5.74) is 0. The lowest BCUT2D eigenvalue weighted by molar-refractivity contribution is -0.121. The van der Waals surface area contributed by atoms with E-state index >= 15 is 0 Å². The maximum atomic E-state index is 11.4. The quantitative estimate of drug-likeness (QED) is 0.534. The molecule has 0 aromatic heterocycles. The van der Waals surface area contributed by atoms with E-state index in [2.05, 4.69) is 42.0 Å². The van der Waals surface area contributed by atoms with Crippen molar-refractivity contribution in [2.75, 3.05) is 6.54 Å². The standard InChI is InChI=1S/C12H24BrNO/c1-4-5-6-7-12(15)14-9-11(13)8-10(2)3/h10-11H,4-9H2,1-3H3,(H,14,15). The number of nitrogens with one attached hydrogen (secondary N) is 1. The molecule has 0 aromatic carbocycles. The smallest absolute Gasteiger partial charge is 0.220 e. The molecule has 0 heterocycles. The third kappa shape index (κ3) is 10.2. The van der Waals surface area contributed by atoms with Crippen molar-refractivity contribution in [1.82, 2.24) is 5.32 Å². The molecule has 0 aromatic rings. The van der Waals surface area contributed by atoms with Crippen molar-refractivity contribution in [3.63, 3.8) is 0 Å². The van der Waals surface area contributed by atoms with E-state index in [0.717, 1.165) is 25.8 Å². The van der Waals surface area contributed by atoms with Crippen LogP contribution in [0.4, 0.5) is 0 Å². The molecule has 3 heteroatoms. The van der Waals surface area contributed by atoms with Gasteiger partial charge in [0.15, 0.2) is 0 Å². The molecular formula is C12H24BrNO. The van der Waals surface area contributed by atoms with Gasteiger partial charge < -0.3 is 5.32 Å². The van der Waals surface area contributed by atoms with Gasteiger partial charge in [-0.1, -0.05) is 49.5 Å². The summed E-state index contributed by atoms with van der Waals surface area (Å²) >= 11 is 3.57. The normalized spacial score (nSPS) is 12.9. The van der Waals surface area contributed by atoms with Gasteiger partial charge in [-0.3, -0.25) is 4.79 Å². The van der Waals surface area contributed by atoms with Crippen molar-refractivity contribution < 1.29 is 4.79 Å². The van der Waals surface area contributed by atoms with Crippen LogP contribution in [0.5, 0.6) is 0 Å². The lowest BCUT2D eigenvalue weighted by atomic mass is 10.1. The van der Waals surface area contributed by atoms with Crippen LogP contribution in [0.15, 0.2) is 0 Å². The van der Waals surface area contributed by atoms with Crippen LogP contribution in [-0.4, -0.2) is 17.3 Å². The molecular weight excluding hydrogens is 254 g/mol. The second-order valence-electron chi connectivity index (χ2n) is 4.49. The Bertz CT molecular complexity index is 171. The third-order valence-electron chi connectivity index (χ3n) is 2.26. The summed E-state index contributed by atoms with van der Waals surface area (Å²) in [5, 5.41) is 2.96. The number of halogens is 1. The number of rotatable bonds is 8. The van der Waals surface area contributed by atoms with Crippen LogP contribution in [0.3, 0.4) is 0 Å². The fourth-order valence-corrected chi connectivity index (χ4v) is 2.35. The van der Waals surface area contributed by atoms with Crippen molar-refractivity contribution in [2.45, 2.75) is 57.7 Å². The number of hydrogen-bond acceptors (Lipinski definition) is 1. The van der Waals surface area contributed by atoms with Crippen LogP contribution in [0, 0.1) is 5.92 Å². The van der Waals surface area contributed by atoms with Crippen molar-refractivity contribution >= 4 is 21.8 Å². The van der Waals surface area contributed by atoms with E-state index in [0.29, 0.717) is 17.2 Å². The molecule has 2 nitrogen and oxygen atoms in total. The predicted octanol–water partition coefficient (Wildman–Crippen LogP) is 3.49. The summed E-state index contributed by atoms with van der Waals surface area (Å²) in [6.07, 6.45) is 5.11. The molecule has 1 unspecified atom stereocenters. The van der Waals surface area contributed by atoms with E-state index in [1.54, 1.807) is 0 Å². The van der Waals surface area contributed by atoms with Crippen molar-refractivity contribution in [1.29, 1.82) is 0 Å². The van der Waals surface area contributed by atoms with Crippen LogP contribution in [0.1, 0.15) is 52.9 Å². The van der Waals surface area contributed by atoms with Gasteiger partial charge in [0.05, 0.1) is 0 Å². The zero-order chi connectivity index (χ0) is 11.7. The van der Waals surface area contributed by atoms with Gasteiger partial charge in [-0.15, -0.1) is 0 Å². The topological polar surface area (TPSA) is 29.1 Å². The molecule has 1 amide bonds. The highest BCUT2D eigenvalue weighted by Gasteiger charge is 2.08. The van der Waals surface area contributed by atoms with Gasteiger partial charge in [0, 0.05) is 17.8 Å². The molecule has 90 valence electrons. The highest BCUT2D eigenvalue weighted by Crippen LogP contribution is 2.11. The third-order valence-corrected chi connectivity index (χ3v) is 2.95. The minimum atomic E-state index is 0.191. The van der Waals surface area contributed by atoms with E-state index in [1.807, 2.05) is 0 Å². The van der Waals surface area contributed by atoms with E-state index < -0.39 is 0 Å². The van der Waals surface area contributed by atoms with Gasteiger partial charge in [-0.2, -0.15) is 0 Å². The van der Waals surface area contributed by atoms with Crippen molar-refractivity contribution in [2.24, 2.45) is 5.92 Å². The molecule has 0 aliphatic carbocycles. The Kier molecular flexibility index (Phi) is 9.17. The molecule has 0 radical (unpaired) electrons. The first-order valence-corrected chi connectivity index (χ1v) is 6.88. The average Bonchev–Trinajstić information content (AvgIpc) is 2.14. The zero-order valence-electron chi connectivity index (χ0n) is 10.2. The maximum absolute atomic E-state index is 11.4. The first-order valence-electron chi connectivity index (χ1n) is 5.97. The van der Waals surface area contributed by atoms with Crippen LogP contribution in [-0.2, 0) is 4.79 Å². The lowest BCUT2D eigenvalue weighted by Gasteiger charge is -2.13. The highest BCUT2D eigenvalue weighted by molar-refractivity contribution is 9.09. The number of carbonyl (C=O) groups excluding carboxylic acids is 1. The Balaban J connectivity index is 3.44. The lowest BCUT2D eigenvalue weighted by Crippen LogP contribution is -2.29. The second kappa shape index (κ2) is 9.20. The molecule has 0 aliphatic heterocycles. The minimum Gasteiger partial charge on any atom is -0.355 e. The summed E-state index contributed by atoms with van der Waals surface area (Å²) in [6.45, 7) is 7.28. The van der Waals surface area contributed by atoms with Crippen molar-refractivity contribution in [3.05, 3.63) is 0 Å². The Labute approximate surface area is 102 Å². The van der Waals surface area contributed by atoms with E-state index in [9.17, 15) is 4.79 Å². The first kappa shape index (κ1) is 14.9. The Morgan fingerprint density at radius 1 is 1.33 bits per heavy atom. The van der Waals surface area contributed by atoms with Crippen LogP contribution >= 0.6 is 15.9 Å². The first-order chi connectivity index (χ1) is 7.06. The number of carbonyl (C=O) groups is 1. The van der Waals surface area contributed by atoms with Gasteiger partial charge in [0.25, 0.3) is 0 Å². The fourth-order valence-electron chi connectivity index (χ4n) is 1.44. The van der Waals surface area contributed by atoms with Gasteiger partial charge in [-0.05, 0) is 18.8 Å². The Morgan fingerprint density at radius 3 is 2.53 bits per heavy atom. The zero-order valence-corrected chi connectivity index (χ0v) is 11.8. The van der Waals surface area contributed by atoms with Crippen LogP contribution < -0.4 is 5.32 Å². The average molecular weight is 278 g/mol. The molecule has 1 atom stereocenters. The monoisotopic (exact) mass is 277 g/mol. The summed E-state index contributed by atoms with van der Waals surface area (Å²) in [6, 6.07) is 0. The van der Waals surface area contributed by atoms with Gasteiger partial charge in [0.2, 0.25) is 5.91 Å². The molecule has 0 saturated heterocycles. The predicted molar refractivity (Wildman–Crippen MR) is 69.3 cm³/mol. The van der Waals surface area contributed by atoms with E-state index in [1.165, 1.54) is 6.42 Å². The van der Waals surface area contributed by atoms with E-state index in [4.69, 9.17) is 0 Å². The summed E-state index contributed by atoms with van der Waals surface area (Å²) in [4.78, 5) is 11.8. The van der Waals surface area contributed by atoms with Crippen LogP contribution in [0.25, 0.3) is 0 Å². The van der Waals surface area contributed by atoms with Gasteiger partial charge in [0.1, 0.15) is 0 Å². The molecule has 0 fully saturated rings. The maximum Gasteiger partial charge on any atom is 0.220 e. The number of unbranched alkanes of at least 4 members (excludes halogenated alkanes) is 2. The number of alkyl halides is 1. The fraction of sp³-hybridized carbons (Fsp3) is 0.917. The molecule has 0 aliphatic rings. The van der Waals surface area contributed by atoms with E-state index in [-0.39, 0.29) is 5.91 Å². The largest absolute Gasteiger partial charge is 0.355 e. The van der Waals surface area contributed by atoms with Gasteiger partial charge in [-0.25, -0.2) is 0 Å². The number of hydrogen-bond donors (Lipinski definition) is 1. The SMILES string of the molecule is CCCCCC(=O)NCC(Br)CC(C)C. The summed E-state index contributed by atoms with van der Waals surface area (Å²) in [5.74, 6) is 0.864. The van der Waals surface area contributed by atoms with Gasteiger partial charge >= 0.3 is 0 Å². The Hall–Kier alpha value is -0.0500. The molecule has 0 spiro atoms. The summed E-state index contributed by atoms with van der Waals surface area (Å²) in [7, 11) is 0. The molecule has 15 heavy (non-hydrogen) atoms. The minimum absolute atomic E-state index is 0.191. The molecule has 0 rings (SSSR count). The van der Waals surface area contributed by atoms with Crippen LogP contribution in [0.2, 0.25) is 0 Å². The Morgan fingerprint density at radius 2 is 2.00 bits per heavy atom. The summed E-state index contributed by atoms with van der Waals surface area (Å²) < 4.78 is 0. The second-order valence-corrected chi connectivity index (χ2v) is 5.78. The van der Waals surface area contributed by atoms with Crippen molar-refractivity contribution in [3.8, 4) is 0 Å². The molecule has 0 saturated carbocycles. The molecule has 1 N–H and O–H groups in total. The number of amides is 1. The highest BCUT2D eigenvalue weighted by atomic mass is 79.9. The molecule has 0 bridgehead atoms.